The van der Waals surface area contributed by atoms with Gasteiger partial charge in [-0.2, -0.15) is 0 Å². The maximum absolute atomic E-state index is 13.4. The molecule has 0 unspecified atom stereocenters. The fourth-order valence-electron chi connectivity index (χ4n) is 4.19. The first-order valence-corrected chi connectivity index (χ1v) is 10.5. The van der Waals surface area contributed by atoms with Crippen LogP contribution in [0.25, 0.3) is 11.3 Å². The fourth-order valence-corrected chi connectivity index (χ4v) is 4.19. The van der Waals surface area contributed by atoms with Gasteiger partial charge in [-0.05, 0) is 54.8 Å². The van der Waals surface area contributed by atoms with Gasteiger partial charge in [0.1, 0.15) is 17.2 Å². The summed E-state index contributed by atoms with van der Waals surface area (Å²) in [6, 6.07) is 14.1. The van der Waals surface area contributed by atoms with E-state index in [0.29, 0.717) is 41.1 Å². The summed E-state index contributed by atoms with van der Waals surface area (Å²) in [5.74, 6) is -0.881. The van der Waals surface area contributed by atoms with Crippen LogP contribution in [0.2, 0.25) is 0 Å². The van der Waals surface area contributed by atoms with Crippen LogP contribution in [0.3, 0.4) is 0 Å². The minimum atomic E-state index is -3.72. The van der Waals surface area contributed by atoms with Crippen LogP contribution in [-0.2, 0) is 16.6 Å². The molecule has 5 rings (SSSR count). The van der Waals surface area contributed by atoms with Crippen molar-refractivity contribution in [2.75, 3.05) is 7.11 Å². The van der Waals surface area contributed by atoms with Gasteiger partial charge in [0.2, 0.25) is 0 Å². The molecule has 1 aliphatic carbocycles. The van der Waals surface area contributed by atoms with E-state index < -0.39 is 17.7 Å². The monoisotopic (exact) mass is 469 g/mol. The lowest BCUT2D eigenvalue weighted by Crippen LogP contribution is -2.26. The summed E-state index contributed by atoms with van der Waals surface area (Å²) in [6.07, 6.45) is -2.53. The summed E-state index contributed by atoms with van der Waals surface area (Å²) < 4.78 is 41.1. The highest BCUT2D eigenvalue weighted by Gasteiger charge is 2.52. The van der Waals surface area contributed by atoms with Crippen molar-refractivity contribution in [1.82, 2.24) is 4.98 Å². The highest BCUT2D eigenvalue weighted by atomic mass is 19.3. The van der Waals surface area contributed by atoms with Crippen LogP contribution >= 0.6 is 0 Å². The molecule has 9 heteroatoms. The molecule has 1 N–H and O–H groups in total. The third-order valence-corrected chi connectivity index (χ3v) is 6.10. The highest BCUT2D eigenvalue weighted by Crippen LogP contribution is 2.52. The molecule has 7 nitrogen and oxygen atoms in total. The van der Waals surface area contributed by atoms with Gasteiger partial charge in [0, 0.05) is 19.1 Å². The number of hydrogen-bond acceptors (Lipinski definition) is 6. The number of nitrogens with zero attached hydrogens (tertiary/aromatic N) is 1. The van der Waals surface area contributed by atoms with E-state index in [0.717, 1.165) is 0 Å². The van der Waals surface area contributed by atoms with E-state index in [9.17, 15) is 23.5 Å². The molecule has 176 valence electrons. The SMILES string of the molecule is COc1ccc(CC(=O)C2(c3ccc4c(c3)OC(F)(F)O4)CC2)nc1-c1cccc(C(=O)O)c1.[HH]. The van der Waals surface area contributed by atoms with Crippen molar-refractivity contribution in [2.45, 2.75) is 31.0 Å². The van der Waals surface area contributed by atoms with Crippen LogP contribution in [-0.4, -0.2) is 35.2 Å². The van der Waals surface area contributed by atoms with Gasteiger partial charge < -0.3 is 19.3 Å². The second kappa shape index (κ2) is 7.79. The van der Waals surface area contributed by atoms with Crippen LogP contribution in [0.5, 0.6) is 17.2 Å². The van der Waals surface area contributed by atoms with Gasteiger partial charge in [0.05, 0.1) is 18.1 Å². The lowest BCUT2D eigenvalue weighted by Gasteiger charge is -2.16. The minimum absolute atomic E-state index is 0. The number of alkyl halides is 2. The average Bonchev–Trinajstić information content (AvgIpc) is 3.56. The van der Waals surface area contributed by atoms with Gasteiger partial charge in [-0.15, -0.1) is 8.78 Å². The third-order valence-electron chi connectivity index (χ3n) is 6.10. The number of Topliss-reactive ketones (excluding diaryl/α,β-unsaturated/α-hetero) is 1. The van der Waals surface area contributed by atoms with Gasteiger partial charge in [-0.25, -0.2) is 9.78 Å². The molecule has 0 bridgehead atoms. The number of carboxylic acids is 1. The van der Waals surface area contributed by atoms with Crippen LogP contribution in [0.1, 0.15) is 35.9 Å². The standard InChI is InChI=1S/C25H19F2NO6.H2/c1-32-19-8-6-17(28-22(19)14-3-2-4-15(11-14)23(30)31)13-21(29)24(9-10-24)16-5-7-18-20(12-16)34-25(26,27)33-18;/h2-8,11-12H,9-10,13H2,1H3,(H,30,31);1H. The first-order chi connectivity index (χ1) is 16.2. The Morgan fingerprint density at radius 3 is 2.56 bits per heavy atom. The van der Waals surface area contributed by atoms with Crippen molar-refractivity contribution in [2.24, 2.45) is 0 Å². The Morgan fingerprint density at radius 1 is 1.09 bits per heavy atom. The number of methoxy groups -OCH3 is 1. The normalized spacial score (nSPS) is 16.7. The average molecular weight is 469 g/mol. The van der Waals surface area contributed by atoms with E-state index in [1.165, 1.54) is 31.4 Å². The van der Waals surface area contributed by atoms with Crippen LogP contribution in [0, 0.1) is 0 Å². The molecule has 2 aliphatic rings. The summed E-state index contributed by atoms with van der Waals surface area (Å²) in [4.78, 5) is 29.2. The molecule has 1 aromatic heterocycles. The zero-order valence-electron chi connectivity index (χ0n) is 18.0. The van der Waals surface area contributed by atoms with E-state index >= 15 is 0 Å². The zero-order chi connectivity index (χ0) is 24.1. The van der Waals surface area contributed by atoms with Crippen molar-refractivity contribution in [3.8, 4) is 28.5 Å². The molecule has 0 amide bonds. The molecule has 1 saturated carbocycles. The molecule has 0 radical (unpaired) electrons. The Morgan fingerprint density at radius 2 is 1.85 bits per heavy atom. The Labute approximate surface area is 194 Å². The van der Waals surface area contributed by atoms with Gasteiger partial charge in [0.15, 0.2) is 11.5 Å². The lowest BCUT2D eigenvalue weighted by molar-refractivity contribution is -0.286. The number of ketones is 1. The van der Waals surface area contributed by atoms with Gasteiger partial charge in [0.25, 0.3) is 0 Å². The number of aromatic carboxylic acids is 1. The Bertz CT molecular complexity index is 1330. The van der Waals surface area contributed by atoms with Crippen molar-refractivity contribution in [3.05, 3.63) is 71.4 Å². The number of benzene rings is 2. The fraction of sp³-hybridized carbons (Fsp3) is 0.240. The molecular formula is C25H21F2NO6. The molecule has 0 atom stereocenters. The van der Waals surface area contributed by atoms with Gasteiger partial charge >= 0.3 is 12.3 Å². The van der Waals surface area contributed by atoms with Crippen molar-refractivity contribution in [1.29, 1.82) is 0 Å². The largest absolute Gasteiger partial charge is 0.586 e. The summed E-state index contributed by atoms with van der Waals surface area (Å²) in [5.41, 5.74) is 1.37. The predicted molar refractivity (Wildman–Crippen MR) is 118 cm³/mol. The molecule has 2 aromatic carbocycles. The van der Waals surface area contributed by atoms with E-state index in [4.69, 9.17) is 4.74 Å². The van der Waals surface area contributed by atoms with Crippen molar-refractivity contribution >= 4 is 11.8 Å². The summed E-state index contributed by atoms with van der Waals surface area (Å²) in [6.45, 7) is 0. The van der Waals surface area contributed by atoms with Crippen LogP contribution in [0.4, 0.5) is 8.78 Å². The number of fused-ring (bicyclic) bond motifs is 1. The van der Waals surface area contributed by atoms with E-state index in [2.05, 4.69) is 14.5 Å². The second-order valence-corrected chi connectivity index (χ2v) is 8.25. The second-order valence-electron chi connectivity index (χ2n) is 8.25. The first-order valence-electron chi connectivity index (χ1n) is 10.5. The van der Waals surface area contributed by atoms with E-state index in [1.54, 1.807) is 30.3 Å². The smallest absolute Gasteiger partial charge is 0.494 e. The maximum Gasteiger partial charge on any atom is 0.586 e. The topological polar surface area (TPSA) is 95.0 Å². The highest BCUT2D eigenvalue weighted by molar-refractivity contribution is 5.95. The number of carbonyl (C=O) groups excluding carboxylic acids is 1. The quantitative estimate of drug-likeness (QED) is 0.528. The predicted octanol–water partition coefficient (Wildman–Crippen LogP) is 4.87. The van der Waals surface area contributed by atoms with Crippen LogP contribution < -0.4 is 14.2 Å². The Hall–Kier alpha value is -4.01. The van der Waals surface area contributed by atoms with E-state index in [-0.39, 0.29) is 30.7 Å². The first kappa shape index (κ1) is 21.8. The minimum Gasteiger partial charge on any atom is -0.494 e. The summed E-state index contributed by atoms with van der Waals surface area (Å²) in [7, 11) is 1.48. The molecule has 0 spiro atoms. The lowest BCUT2D eigenvalue weighted by atomic mass is 9.88. The third kappa shape index (κ3) is 3.83. The molecular weight excluding hydrogens is 448 g/mol. The van der Waals surface area contributed by atoms with E-state index in [1.807, 2.05) is 0 Å². The molecule has 0 saturated heterocycles. The van der Waals surface area contributed by atoms with Gasteiger partial charge in [-0.3, -0.25) is 4.79 Å². The number of aromatic nitrogens is 1. The number of carbonyl (C=O) groups is 2. The summed E-state index contributed by atoms with van der Waals surface area (Å²) >= 11 is 0. The molecule has 2 heterocycles. The Balaban J connectivity index is 0.00000289. The maximum atomic E-state index is 13.4. The van der Waals surface area contributed by atoms with Crippen molar-refractivity contribution in [3.63, 3.8) is 0 Å². The molecule has 1 fully saturated rings. The van der Waals surface area contributed by atoms with Crippen LogP contribution in [0.15, 0.2) is 54.6 Å². The Kier molecular flexibility index (Phi) is 5.00. The number of hydrogen-bond donors (Lipinski definition) is 1. The number of ether oxygens (including phenoxy) is 3. The molecule has 1 aliphatic heterocycles. The zero-order valence-corrected chi connectivity index (χ0v) is 18.0. The molecule has 34 heavy (non-hydrogen) atoms. The number of halogens is 2. The molecule has 3 aromatic rings. The summed E-state index contributed by atoms with van der Waals surface area (Å²) in [5, 5.41) is 9.29. The number of carboxylic acid groups (broad SMARTS) is 1. The van der Waals surface area contributed by atoms with Gasteiger partial charge in [-0.1, -0.05) is 18.2 Å². The van der Waals surface area contributed by atoms with Crippen molar-refractivity contribution < 1.29 is 39.1 Å². The number of rotatable bonds is 7. The number of pyridine rings is 1.